The van der Waals surface area contributed by atoms with Crippen LogP contribution in [0, 0.1) is 5.92 Å². The predicted molar refractivity (Wildman–Crippen MR) is 107 cm³/mol. The Hall–Kier alpha value is -0.510. The number of aliphatic hydroxyl groups excluding tert-OH is 1. The predicted octanol–water partition coefficient (Wildman–Crippen LogP) is 4.53. The standard InChI is InChI=1S/C21H35NOS/c1-2-12-24-13-10-17-6-7-19-15-20(9-8-18(19)14-17)21(16-22)5-3-4-11-23/h8-9,15,17,21,23H,2-7,10-14,16,22H2,1H3/t17-,21-/m0/s1. The van der Waals surface area contributed by atoms with Crippen LogP contribution in [0.15, 0.2) is 18.2 Å². The molecule has 2 atom stereocenters. The molecule has 0 spiro atoms. The van der Waals surface area contributed by atoms with Crippen LogP contribution >= 0.6 is 11.8 Å². The van der Waals surface area contributed by atoms with Crippen molar-refractivity contribution in [1.82, 2.24) is 0 Å². The summed E-state index contributed by atoms with van der Waals surface area (Å²) in [5, 5.41) is 8.96. The second-order valence-corrected chi connectivity index (χ2v) is 8.41. The Morgan fingerprint density at radius 1 is 1.25 bits per heavy atom. The number of hydrogen-bond donors (Lipinski definition) is 2. The average molecular weight is 350 g/mol. The quantitative estimate of drug-likeness (QED) is 0.577. The summed E-state index contributed by atoms with van der Waals surface area (Å²) in [5.41, 5.74) is 10.5. The summed E-state index contributed by atoms with van der Waals surface area (Å²) in [4.78, 5) is 0. The first-order valence-electron chi connectivity index (χ1n) is 9.78. The number of hydrogen-bond acceptors (Lipinski definition) is 3. The molecule has 1 aliphatic carbocycles. The van der Waals surface area contributed by atoms with Crippen molar-refractivity contribution in [2.45, 2.75) is 64.2 Å². The molecule has 0 aliphatic heterocycles. The number of aryl methyl sites for hydroxylation is 1. The van der Waals surface area contributed by atoms with E-state index in [2.05, 4.69) is 36.9 Å². The van der Waals surface area contributed by atoms with Gasteiger partial charge in [0.15, 0.2) is 0 Å². The number of thioether (sulfide) groups is 1. The van der Waals surface area contributed by atoms with E-state index in [9.17, 15) is 0 Å². The number of nitrogens with two attached hydrogens (primary N) is 1. The minimum absolute atomic E-state index is 0.291. The van der Waals surface area contributed by atoms with E-state index in [1.54, 1.807) is 11.1 Å². The van der Waals surface area contributed by atoms with Crippen LogP contribution in [0.2, 0.25) is 0 Å². The summed E-state index contributed by atoms with van der Waals surface area (Å²) < 4.78 is 0. The summed E-state index contributed by atoms with van der Waals surface area (Å²) in [5.74, 6) is 3.96. The highest BCUT2D eigenvalue weighted by atomic mass is 32.2. The van der Waals surface area contributed by atoms with Crippen LogP contribution in [-0.2, 0) is 12.8 Å². The Labute approximate surface area is 152 Å². The molecule has 24 heavy (non-hydrogen) atoms. The summed E-state index contributed by atoms with van der Waals surface area (Å²) >= 11 is 2.12. The van der Waals surface area contributed by atoms with Crippen LogP contribution in [-0.4, -0.2) is 29.8 Å². The van der Waals surface area contributed by atoms with Gasteiger partial charge in [0.05, 0.1) is 0 Å². The largest absolute Gasteiger partial charge is 0.396 e. The first-order chi connectivity index (χ1) is 11.8. The molecule has 136 valence electrons. The molecule has 0 unspecified atom stereocenters. The highest BCUT2D eigenvalue weighted by molar-refractivity contribution is 7.99. The smallest absolute Gasteiger partial charge is 0.0431 e. The van der Waals surface area contributed by atoms with E-state index in [0.29, 0.717) is 19.1 Å². The van der Waals surface area contributed by atoms with E-state index < -0.39 is 0 Å². The summed E-state index contributed by atoms with van der Waals surface area (Å²) in [6.45, 7) is 3.26. The van der Waals surface area contributed by atoms with E-state index in [-0.39, 0.29) is 0 Å². The maximum Gasteiger partial charge on any atom is 0.0431 e. The first-order valence-corrected chi connectivity index (χ1v) is 10.9. The second kappa shape index (κ2) is 11.2. The molecule has 1 aliphatic rings. The molecule has 2 nitrogen and oxygen atoms in total. The number of unbranched alkanes of at least 4 members (excludes halogenated alkanes) is 1. The van der Waals surface area contributed by atoms with Crippen molar-refractivity contribution in [3.8, 4) is 0 Å². The van der Waals surface area contributed by atoms with Gasteiger partial charge in [-0.05, 0) is 91.5 Å². The van der Waals surface area contributed by atoms with Gasteiger partial charge in [0, 0.05) is 6.61 Å². The fraction of sp³-hybridized carbons (Fsp3) is 0.714. The molecule has 0 bridgehead atoms. The van der Waals surface area contributed by atoms with Crippen molar-refractivity contribution in [3.05, 3.63) is 34.9 Å². The molecule has 1 aromatic rings. The number of benzene rings is 1. The first kappa shape index (κ1) is 19.8. The van der Waals surface area contributed by atoms with Crippen molar-refractivity contribution in [1.29, 1.82) is 0 Å². The van der Waals surface area contributed by atoms with Gasteiger partial charge in [0.1, 0.15) is 0 Å². The van der Waals surface area contributed by atoms with Gasteiger partial charge < -0.3 is 10.8 Å². The molecule has 0 aromatic heterocycles. The van der Waals surface area contributed by atoms with Crippen LogP contribution in [0.3, 0.4) is 0 Å². The van der Waals surface area contributed by atoms with Gasteiger partial charge in [-0.1, -0.05) is 31.5 Å². The van der Waals surface area contributed by atoms with E-state index in [4.69, 9.17) is 10.8 Å². The molecule has 0 saturated carbocycles. The molecule has 0 radical (unpaired) electrons. The molecule has 3 heteroatoms. The topological polar surface area (TPSA) is 46.2 Å². The van der Waals surface area contributed by atoms with Gasteiger partial charge in [0.25, 0.3) is 0 Å². The molecule has 0 heterocycles. The molecule has 0 fully saturated rings. The Balaban J connectivity index is 1.90. The summed E-state index contributed by atoms with van der Waals surface area (Å²) in [6, 6.07) is 7.10. The zero-order valence-electron chi connectivity index (χ0n) is 15.3. The summed E-state index contributed by atoms with van der Waals surface area (Å²) in [6.07, 6.45) is 9.56. The van der Waals surface area contributed by atoms with Crippen molar-refractivity contribution in [2.24, 2.45) is 11.7 Å². The average Bonchev–Trinajstić information content (AvgIpc) is 2.62. The third-order valence-electron chi connectivity index (χ3n) is 5.30. The van der Waals surface area contributed by atoms with Gasteiger partial charge in [-0.25, -0.2) is 0 Å². The maximum atomic E-state index is 8.96. The zero-order chi connectivity index (χ0) is 17.2. The molecule has 0 saturated heterocycles. The molecule has 2 rings (SSSR count). The van der Waals surface area contributed by atoms with Crippen LogP contribution < -0.4 is 5.73 Å². The van der Waals surface area contributed by atoms with Crippen molar-refractivity contribution < 1.29 is 5.11 Å². The molecule has 0 amide bonds. The number of rotatable bonds is 11. The maximum absolute atomic E-state index is 8.96. The Bertz CT molecular complexity index is 477. The van der Waals surface area contributed by atoms with Crippen LogP contribution in [0.25, 0.3) is 0 Å². The second-order valence-electron chi connectivity index (χ2n) is 7.19. The molecule has 1 aromatic carbocycles. The minimum atomic E-state index is 0.291. The Morgan fingerprint density at radius 3 is 2.88 bits per heavy atom. The van der Waals surface area contributed by atoms with Crippen LogP contribution in [0.1, 0.15) is 68.1 Å². The van der Waals surface area contributed by atoms with E-state index in [1.165, 1.54) is 49.2 Å². The molecular formula is C21H35NOS. The third-order valence-corrected chi connectivity index (χ3v) is 6.52. The molecular weight excluding hydrogens is 314 g/mol. The lowest BCUT2D eigenvalue weighted by Crippen LogP contribution is -2.17. The summed E-state index contributed by atoms with van der Waals surface area (Å²) in [7, 11) is 0. The van der Waals surface area contributed by atoms with Crippen molar-refractivity contribution in [2.75, 3.05) is 24.7 Å². The lowest BCUT2D eigenvalue weighted by molar-refractivity contribution is 0.281. The Morgan fingerprint density at radius 2 is 2.12 bits per heavy atom. The van der Waals surface area contributed by atoms with Crippen molar-refractivity contribution in [3.63, 3.8) is 0 Å². The highest BCUT2D eigenvalue weighted by Gasteiger charge is 2.20. The SMILES string of the molecule is CCCSCC[C@@H]1CCc2cc([C@H](CN)CCCCO)ccc2C1. The Kier molecular flexibility index (Phi) is 9.22. The van der Waals surface area contributed by atoms with Crippen LogP contribution in [0.4, 0.5) is 0 Å². The highest BCUT2D eigenvalue weighted by Crippen LogP contribution is 2.31. The fourth-order valence-electron chi connectivity index (χ4n) is 3.77. The van der Waals surface area contributed by atoms with Gasteiger partial charge in [-0.3, -0.25) is 0 Å². The monoisotopic (exact) mass is 349 g/mol. The van der Waals surface area contributed by atoms with Gasteiger partial charge in [-0.2, -0.15) is 11.8 Å². The lowest BCUT2D eigenvalue weighted by atomic mass is 9.80. The zero-order valence-corrected chi connectivity index (χ0v) is 16.1. The van der Waals surface area contributed by atoms with Crippen LogP contribution in [0.5, 0.6) is 0 Å². The lowest BCUT2D eigenvalue weighted by Gasteiger charge is -2.26. The van der Waals surface area contributed by atoms with E-state index in [0.717, 1.165) is 25.2 Å². The van der Waals surface area contributed by atoms with Gasteiger partial charge in [-0.15, -0.1) is 0 Å². The fourth-order valence-corrected chi connectivity index (χ4v) is 4.76. The van der Waals surface area contributed by atoms with E-state index in [1.807, 2.05) is 0 Å². The minimum Gasteiger partial charge on any atom is -0.396 e. The number of fused-ring (bicyclic) bond motifs is 1. The third kappa shape index (κ3) is 6.09. The van der Waals surface area contributed by atoms with Gasteiger partial charge in [0.2, 0.25) is 0 Å². The number of aliphatic hydroxyl groups is 1. The normalized spacial score (nSPS) is 18.4. The van der Waals surface area contributed by atoms with Crippen molar-refractivity contribution >= 4 is 11.8 Å². The molecule has 3 N–H and O–H groups in total. The van der Waals surface area contributed by atoms with E-state index >= 15 is 0 Å². The van der Waals surface area contributed by atoms with Gasteiger partial charge >= 0.3 is 0 Å².